The number of anilines is 1. The Morgan fingerprint density at radius 2 is 1.72 bits per heavy atom. The maximum absolute atomic E-state index is 13.1. The number of ether oxygens (including phenoxy) is 1. The van der Waals surface area contributed by atoms with Gasteiger partial charge in [-0.2, -0.15) is 0 Å². The van der Waals surface area contributed by atoms with Crippen LogP contribution in [0.25, 0.3) is 0 Å². The fourth-order valence-corrected chi connectivity index (χ4v) is 4.11. The molecule has 0 aromatic heterocycles. The van der Waals surface area contributed by atoms with E-state index in [0.717, 1.165) is 25.7 Å². The zero-order chi connectivity index (χ0) is 20.2. The Balaban J connectivity index is 1.50. The molecule has 1 aliphatic carbocycles. The molecule has 1 aliphatic heterocycles. The molecule has 4 rings (SSSR count). The summed E-state index contributed by atoms with van der Waals surface area (Å²) in [6.45, 7) is 0. The molecule has 3 N–H and O–H groups in total. The standard InChI is InChI=1S/C22H24FN3O3/c23-15-10-12-16(13-11-15)24-21(27)20(14-6-2-1-3-7-14)29-22(28)19-17-8-4-5-9-18(17)25-26-19/h1-3,6-7,10-13,17-20,25-26H,4-5,8-9H2,(H,24,27). The van der Waals surface area contributed by atoms with Crippen LogP contribution in [0, 0.1) is 11.7 Å². The Morgan fingerprint density at radius 1 is 1.00 bits per heavy atom. The van der Waals surface area contributed by atoms with E-state index >= 15 is 0 Å². The molecule has 4 atom stereocenters. The van der Waals surface area contributed by atoms with Crippen LogP contribution in [0.1, 0.15) is 37.4 Å². The van der Waals surface area contributed by atoms with Crippen LogP contribution in [0.4, 0.5) is 10.1 Å². The van der Waals surface area contributed by atoms with Crippen LogP contribution < -0.4 is 16.2 Å². The summed E-state index contributed by atoms with van der Waals surface area (Å²) in [6, 6.07) is 14.1. The lowest BCUT2D eigenvalue weighted by Crippen LogP contribution is -2.41. The van der Waals surface area contributed by atoms with Crippen LogP contribution >= 0.6 is 0 Å². The zero-order valence-electron chi connectivity index (χ0n) is 15.9. The minimum atomic E-state index is -1.10. The predicted octanol–water partition coefficient (Wildman–Crippen LogP) is 3.08. The van der Waals surface area contributed by atoms with Gasteiger partial charge in [0.05, 0.1) is 0 Å². The number of nitrogens with one attached hydrogen (secondary N) is 3. The molecule has 0 radical (unpaired) electrons. The summed E-state index contributed by atoms with van der Waals surface area (Å²) in [5.41, 5.74) is 7.25. The van der Waals surface area contributed by atoms with Gasteiger partial charge in [0.25, 0.3) is 5.91 Å². The van der Waals surface area contributed by atoms with Crippen molar-refractivity contribution < 1.29 is 18.7 Å². The highest BCUT2D eigenvalue weighted by Crippen LogP contribution is 2.31. The van der Waals surface area contributed by atoms with Crippen molar-refractivity contribution >= 4 is 17.6 Å². The fraction of sp³-hybridized carbons (Fsp3) is 0.364. The van der Waals surface area contributed by atoms with Crippen LogP contribution in [-0.4, -0.2) is 24.0 Å². The first-order valence-corrected chi connectivity index (χ1v) is 9.95. The van der Waals surface area contributed by atoms with E-state index in [0.29, 0.717) is 11.3 Å². The average Bonchev–Trinajstić information content (AvgIpc) is 3.18. The van der Waals surface area contributed by atoms with Crippen molar-refractivity contribution in [1.82, 2.24) is 10.9 Å². The summed E-state index contributed by atoms with van der Waals surface area (Å²) in [6.07, 6.45) is 3.10. The first-order chi connectivity index (χ1) is 14.1. The molecule has 2 fully saturated rings. The predicted molar refractivity (Wildman–Crippen MR) is 106 cm³/mol. The van der Waals surface area contributed by atoms with E-state index in [1.165, 1.54) is 24.3 Å². The highest BCUT2D eigenvalue weighted by atomic mass is 19.1. The van der Waals surface area contributed by atoms with Crippen molar-refractivity contribution in [2.24, 2.45) is 5.92 Å². The lowest BCUT2D eigenvalue weighted by molar-refractivity contribution is -0.157. The Kier molecular flexibility index (Phi) is 5.87. The van der Waals surface area contributed by atoms with Gasteiger partial charge >= 0.3 is 5.97 Å². The van der Waals surface area contributed by atoms with Crippen LogP contribution in [0.3, 0.4) is 0 Å². The van der Waals surface area contributed by atoms with E-state index in [-0.39, 0.29) is 12.0 Å². The summed E-state index contributed by atoms with van der Waals surface area (Å²) < 4.78 is 18.8. The minimum absolute atomic E-state index is 0.160. The molecule has 29 heavy (non-hydrogen) atoms. The second-order valence-electron chi connectivity index (χ2n) is 7.54. The number of rotatable bonds is 5. The largest absolute Gasteiger partial charge is 0.446 e. The van der Waals surface area contributed by atoms with Gasteiger partial charge < -0.3 is 10.1 Å². The highest BCUT2D eigenvalue weighted by molar-refractivity contribution is 5.96. The maximum atomic E-state index is 13.1. The normalized spacial score (nSPS) is 24.4. The number of hydrogen-bond donors (Lipinski definition) is 3. The molecule has 0 bridgehead atoms. The van der Waals surface area contributed by atoms with E-state index < -0.39 is 29.8 Å². The van der Waals surface area contributed by atoms with E-state index in [1.807, 2.05) is 6.07 Å². The van der Waals surface area contributed by atoms with Gasteiger partial charge in [-0.1, -0.05) is 43.2 Å². The minimum Gasteiger partial charge on any atom is -0.446 e. The summed E-state index contributed by atoms with van der Waals surface area (Å²) in [7, 11) is 0. The molecule has 1 saturated heterocycles. The third-order valence-corrected chi connectivity index (χ3v) is 5.61. The van der Waals surface area contributed by atoms with Crippen LogP contribution in [0.2, 0.25) is 0 Å². The summed E-state index contributed by atoms with van der Waals surface area (Å²) in [5, 5.41) is 2.70. The lowest BCUT2D eigenvalue weighted by atomic mass is 9.82. The highest BCUT2D eigenvalue weighted by Gasteiger charge is 2.43. The van der Waals surface area contributed by atoms with Gasteiger partial charge in [-0.25, -0.2) is 9.82 Å². The average molecular weight is 397 g/mol. The van der Waals surface area contributed by atoms with E-state index in [9.17, 15) is 14.0 Å². The quantitative estimate of drug-likeness (QED) is 0.676. The number of carbonyl (C=O) groups is 2. The molecule has 7 heteroatoms. The monoisotopic (exact) mass is 397 g/mol. The van der Waals surface area contributed by atoms with Crippen molar-refractivity contribution in [2.45, 2.75) is 43.9 Å². The van der Waals surface area contributed by atoms with Gasteiger partial charge in [-0.3, -0.25) is 15.0 Å². The van der Waals surface area contributed by atoms with Crippen molar-refractivity contribution in [3.05, 3.63) is 66.0 Å². The lowest BCUT2D eigenvalue weighted by Gasteiger charge is -2.27. The topological polar surface area (TPSA) is 79.5 Å². The van der Waals surface area contributed by atoms with Crippen molar-refractivity contribution in [3.63, 3.8) is 0 Å². The molecule has 2 aromatic carbocycles. The molecule has 1 amide bonds. The third-order valence-electron chi connectivity index (χ3n) is 5.61. The Labute approximate surface area is 168 Å². The van der Waals surface area contributed by atoms with Crippen LogP contribution in [-0.2, 0) is 14.3 Å². The number of benzene rings is 2. The van der Waals surface area contributed by atoms with Crippen molar-refractivity contribution in [1.29, 1.82) is 0 Å². The SMILES string of the molecule is O=C(Nc1ccc(F)cc1)C(OC(=O)C1NNC2CCCCC21)c1ccccc1. The number of halogens is 1. The van der Waals surface area contributed by atoms with E-state index in [1.54, 1.807) is 24.3 Å². The molecule has 2 aliphatic rings. The molecule has 1 heterocycles. The number of hydrogen-bond acceptors (Lipinski definition) is 5. The number of carbonyl (C=O) groups excluding carboxylic acids is 2. The summed E-state index contributed by atoms with van der Waals surface area (Å²) in [4.78, 5) is 25.8. The van der Waals surface area contributed by atoms with Gasteiger partial charge in [-0.15, -0.1) is 0 Å². The molecule has 2 aromatic rings. The van der Waals surface area contributed by atoms with Gasteiger partial charge in [0.15, 0.2) is 0 Å². The molecule has 4 unspecified atom stereocenters. The molecule has 1 saturated carbocycles. The van der Waals surface area contributed by atoms with Gasteiger partial charge in [0.1, 0.15) is 11.9 Å². The second-order valence-corrected chi connectivity index (χ2v) is 7.54. The number of esters is 1. The molecular weight excluding hydrogens is 373 g/mol. The van der Waals surface area contributed by atoms with Gasteiger partial charge in [-0.05, 0) is 37.1 Å². The number of hydrazine groups is 1. The smallest absolute Gasteiger partial charge is 0.325 e. The second kappa shape index (κ2) is 8.71. The molecule has 6 nitrogen and oxygen atoms in total. The Bertz CT molecular complexity index is 859. The first-order valence-electron chi connectivity index (χ1n) is 9.95. The Morgan fingerprint density at radius 3 is 2.48 bits per heavy atom. The number of fused-ring (bicyclic) bond motifs is 1. The van der Waals surface area contributed by atoms with Gasteiger partial charge in [0.2, 0.25) is 6.10 Å². The van der Waals surface area contributed by atoms with E-state index in [4.69, 9.17) is 4.74 Å². The fourth-order valence-electron chi connectivity index (χ4n) is 4.11. The van der Waals surface area contributed by atoms with Gasteiger partial charge in [0, 0.05) is 23.2 Å². The Hall–Kier alpha value is -2.77. The summed E-state index contributed by atoms with van der Waals surface area (Å²) in [5.74, 6) is -1.17. The maximum Gasteiger partial charge on any atom is 0.325 e. The van der Waals surface area contributed by atoms with Crippen LogP contribution in [0.15, 0.2) is 54.6 Å². The third kappa shape index (κ3) is 4.46. The van der Waals surface area contributed by atoms with Crippen molar-refractivity contribution in [2.75, 3.05) is 5.32 Å². The molecule has 152 valence electrons. The zero-order valence-corrected chi connectivity index (χ0v) is 15.9. The van der Waals surface area contributed by atoms with Crippen molar-refractivity contribution in [3.8, 4) is 0 Å². The van der Waals surface area contributed by atoms with E-state index in [2.05, 4.69) is 16.2 Å². The molecular formula is C22H24FN3O3. The van der Waals surface area contributed by atoms with Crippen LogP contribution in [0.5, 0.6) is 0 Å². The first kappa shape index (κ1) is 19.5. The summed E-state index contributed by atoms with van der Waals surface area (Å²) >= 11 is 0. The number of amides is 1. The molecule has 0 spiro atoms.